The molecule has 0 unspecified atom stereocenters. The SMILES string of the molecule is COc1ccc(CO)cc1-c1nnc2c(=Cc3cc4c5c(c3C)C(C)(C)CCN5CCC4(C)C)c(C(C)(C)C)nn12. The highest BCUT2D eigenvalue weighted by molar-refractivity contribution is 5.76. The third-order valence-electron chi connectivity index (χ3n) is 9.37. The van der Waals surface area contributed by atoms with Crippen molar-refractivity contribution >= 4 is 17.4 Å². The molecule has 2 aliphatic heterocycles. The fourth-order valence-electron chi connectivity index (χ4n) is 6.88. The van der Waals surface area contributed by atoms with Gasteiger partial charge >= 0.3 is 0 Å². The Hall–Kier alpha value is -3.45. The number of fused-ring (bicyclic) bond motifs is 1. The second-order valence-corrected chi connectivity index (χ2v) is 14.2. The van der Waals surface area contributed by atoms with Crippen LogP contribution in [0.15, 0.2) is 24.3 Å². The van der Waals surface area contributed by atoms with Crippen molar-refractivity contribution in [2.24, 2.45) is 0 Å². The predicted molar refractivity (Wildman–Crippen MR) is 165 cm³/mol. The van der Waals surface area contributed by atoms with Gasteiger partial charge in [-0.3, -0.25) is 0 Å². The number of benzene rings is 2. The average molecular weight is 554 g/mol. The molecule has 41 heavy (non-hydrogen) atoms. The molecule has 0 aliphatic carbocycles. The number of nitrogens with zero attached hydrogens (tertiary/aromatic N) is 5. The summed E-state index contributed by atoms with van der Waals surface area (Å²) < 4.78 is 7.51. The molecule has 4 aromatic rings. The van der Waals surface area contributed by atoms with Crippen molar-refractivity contribution in [1.29, 1.82) is 0 Å². The molecule has 2 aromatic heterocycles. The Kier molecular flexibility index (Phi) is 6.27. The van der Waals surface area contributed by atoms with E-state index < -0.39 is 0 Å². The number of anilines is 1. The molecule has 4 heterocycles. The van der Waals surface area contributed by atoms with Gasteiger partial charge in [0.05, 0.1) is 25.0 Å². The van der Waals surface area contributed by atoms with Gasteiger partial charge in [-0.1, -0.05) is 54.5 Å². The minimum absolute atomic E-state index is 0.0658. The lowest BCUT2D eigenvalue weighted by atomic mass is 9.67. The quantitative estimate of drug-likeness (QED) is 0.354. The van der Waals surface area contributed by atoms with Crippen LogP contribution in [0.2, 0.25) is 0 Å². The van der Waals surface area contributed by atoms with Crippen molar-refractivity contribution in [3.63, 3.8) is 0 Å². The van der Waals surface area contributed by atoms with E-state index in [1.165, 1.54) is 27.9 Å². The number of ether oxygens (including phenoxy) is 1. The van der Waals surface area contributed by atoms with Crippen molar-refractivity contribution in [1.82, 2.24) is 19.8 Å². The molecule has 0 saturated carbocycles. The molecule has 0 saturated heterocycles. The third-order valence-corrected chi connectivity index (χ3v) is 9.37. The van der Waals surface area contributed by atoms with E-state index in [9.17, 15) is 5.11 Å². The normalized spacial score (nSPS) is 18.2. The van der Waals surface area contributed by atoms with E-state index in [1.54, 1.807) is 7.11 Å². The molecular formula is C34H43N5O2. The Morgan fingerprint density at radius 2 is 1.73 bits per heavy atom. The maximum atomic E-state index is 9.80. The van der Waals surface area contributed by atoms with E-state index in [4.69, 9.17) is 9.84 Å². The highest BCUT2D eigenvalue weighted by atomic mass is 16.5. The molecule has 216 valence electrons. The lowest BCUT2D eigenvalue weighted by Crippen LogP contribution is -2.45. The van der Waals surface area contributed by atoms with Gasteiger partial charge in [-0.05, 0) is 82.7 Å². The minimum Gasteiger partial charge on any atom is -0.496 e. The maximum Gasteiger partial charge on any atom is 0.189 e. The van der Waals surface area contributed by atoms with Crippen molar-refractivity contribution < 1.29 is 9.84 Å². The molecular weight excluding hydrogens is 510 g/mol. The summed E-state index contributed by atoms with van der Waals surface area (Å²) in [6.07, 6.45) is 4.61. The number of aromatic nitrogens is 4. The van der Waals surface area contributed by atoms with Gasteiger partial charge in [0, 0.05) is 29.4 Å². The van der Waals surface area contributed by atoms with E-state index in [2.05, 4.69) is 82.6 Å². The number of methoxy groups -OCH3 is 1. The van der Waals surface area contributed by atoms with Crippen LogP contribution >= 0.6 is 0 Å². The van der Waals surface area contributed by atoms with Crippen LogP contribution in [0.1, 0.15) is 94.8 Å². The summed E-state index contributed by atoms with van der Waals surface area (Å²) in [5.41, 5.74) is 10.2. The van der Waals surface area contributed by atoms with Gasteiger partial charge < -0.3 is 14.7 Å². The summed E-state index contributed by atoms with van der Waals surface area (Å²) in [5.74, 6) is 1.27. The molecule has 7 nitrogen and oxygen atoms in total. The zero-order chi connectivity index (χ0) is 29.5. The first-order valence-corrected chi connectivity index (χ1v) is 14.8. The van der Waals surface area contributed by atoms with E-state index in [-0.39, 0.29) is 22.9 Å². The fraction of sp³-hybridized carbons (Fsp3) is 0.500. The first-order valence-electron chi connectivity index (χ1n) is 14.8. The summed E-state index contributed by atoms with van der Waals surface area (Å²) in [5, 5.41) is 25.2. The molecule has 1 N–H and O–H groups in total. The zero-order valence-electron chi connectivity index (χ0n) is 26.0. The second kappa shape index (κ2) is 9.28. The second-order valence-electron chi connectivity index (χ2n) is 14.2. The molecule has 0 amide bonds. The van der Waals surface area contributed by atoms with Gasteiger partial charge in [0.1, 0.15) is 5.75 Å². The van der Waals surface area contributed by atoms with Crippen LogP contribution in [0.4, 0.5) is 5.69 Å². The first-order chi connectivity index (χ1) is 19.3. The molecule has 0 spiro atoms. The highest BCUT2D eigenvalue weighted by Crippen LogP contribution is 2.51. The number of aliphatic hydroxyl groups is 1. The van der Waals surface area contributed by atoms with Gasteiger partial charge in [0.15, 0.2) is 11.5 Å². The van der Waals surface area contributed by atoms with Crippen LogP contribution in [0.5, 0.6) is 5.75 Å². The fourth-order valence-corrected chi connectivity index (χ4v) is 6.88. The first kappa shape index (κ1) is 27.7. The minimum atomic E-state index is -0.216. The number of rotatable bonds is 4. The van der Waals surface area contributed by atoms with Crippen molar-refractivity contribution in [3.05, 3.63) is 63.0 Å². The lowest BCUT2D eigenvalue weighted by Gasteiger charge is -2.49. The predicted octanol–water partition coefficient (Wildman–Crippen LogP) is 5.61. The summed E-state index contributed by atoms with van der Waals surface area (Å²) in [6, 6.07) is 8.05. The number of hydrogen-bond acceptors (Lipinski definition) is 6. The third kappa shape index (κ3) is 4.32. The molecule has 0 bridgehead atoms. The molecule has 7 heteroatoms. The molecule has 6 rings (SSSR count). The Labute approximate surface area is 243 Å². The molecule has 2 aromatic carbocycles. The van der Waals surface area contributed by atoms with Crippen LogP contribution in [-0.4, -0.2) is 45.1 Å². The van der Waals surface area contributed by atoms with Crippen LogP contribution in [-0.2, 0) is 22.9 Å². The van der Waals surface area contributed by atoms with E-state index in [0.717, 1.165) is 53.6 Å². The Morgan fingerprint density at radius 1 is 1.02 bits per heavy atom. The molecule has 0 fully saturated rings. The van der Waals surface area contributed by atoms with Gasteiger partial charge in [-0.25, -0.2) is 0 Å². The van der Waals surface area contributed by atoms with Gasteiger partial charge in [-0.2, -0.15) is 9.61 Å². The number of hydrogen-bond donors (Lipinski definition) is 1. The summed E-state index contributed by atoms with van der Waals surface area (Å²) >= 11 is 0. The molecule has 2 aliphatic rings. The largest absolute Gasteiger partial charge is 0.496 e. The van der Waals surface area contributed by atoms with E-state index in [1.807, 2.05) is 22.7 Å². The van der Waals surface area contributed by atoms with E-state index >= 15 is 0 Å². The highest BCUT2D eigenvalue weighted by Gasteiger charge is 2.41. The van der Waals surface area contributed by atoms with Crippen LogP contribution in [0, 0.1) is 6.92 Å². The van der Waals surface area contributed by atoms with E-state index in [0.29, 0.717) is 11.6 Å². The lowest BCUT2D eigenvalue weighted by molar-refractivity contribution is 0.281. The Bertz CT molecular complexity index is 1720. The number of aliphatic hydroxyl groups excluding tert-OH is 1. The zero-order valence-corrected chi connectivity index (χ0v) is 26.0. The van der Waals surface area contributed by atoms with Crippen LogP contribution in [0.25, 0.3) is 23.1 Å². The maximum absolute atomic E-state index is 9.80. The van der Waals surface area contributed by atoms with Gasteiger partial charge in [-0.15, -0.1) is 10.2 Å². The van der Waals surface area contributed by atoms with Crippen molar-refractivity contribution in [2.45, 2.75) is 91.1 Å². The topological polar surface area (TPSA) is 75.8 Å². The van der Waals surface area contributed by atoms with Crippen molar-refractivity contribution in [3.8, 4) is 17.1 Å². The van der Waals surface area contributed by atoms with Crippen LogP contribution in [0.3, 0.4) is 0 Å². The molecule has 0 radical (unpaired) electrons. The Morgan fingerprint density at radius 3 is 2.39 bits per heavy atom. The van der Waals surface area contributed by atoms with Crippen molar-refractivity contribution in [2.75, 3.05) is 25.1 Å². The summed E-state index contributed by atoms with van der Waals surface area (Å²) in [6.45, 7) is 20.6. The molecule has 0 atom stereocenters. The summed E-state index contributed by atoms with van der Waals surface area (Å²) in [4.78, 5) is 2.62. The smallest absolute Gasteiger partial charge is 0.189 e. The van der Waals surface area contributed by atoms with Gasteiger partial charge in [0.25, 0.3) is 0 Å². The van der Waals surface area contributed by atoms with Gasteiger partial charge in [0.2, 0.25) is 0 Å². The summed E-state index contributed by atoms with van der Waals surface area (Å²) in [7, 11) is 1.64. The average Bonchev–Trinajstić information content (AvgIpc) is 3.48. The van der Waals surface area contributed by atoms with Crippen LogP contribution < -0.4 is 14.9 Å². The monoisotopic (exact) mass is 553 g/mol. The standard InChI is InChI=1S/C34H43N5O2/c1-20-22(18-25-28-27(20)34(7,8)13-15-38(28)14-12-33(25,5)6)17-24-29(32(2,3)4)37-39-30(35-36-31(24)39)23-16-21(19-40)10-11-26(23)41-9/h10-11,16-18,40H,12-15,19H2,1-9H3. The Balaban J connectivity index is 1.65.